The van der Waals surface area contributed by atoms with Crippen molar-refractivity contribution in [1.82, 2.24) is 14.8 Å². The number of aryl methyl sites for hydroxylation is 1. The van der Waals surface area contributed by atoms with E-state index in [1.54, 1.807) is 25.1 Å². The van der Waals surface area contributed by atoms with Gasteiger partial charge in [-0.15, -0.1) is 0 Å². The molecule has 1 aromatic heterocycles. The van der Waals surface area contributed by atoms with Crippen LogP contribution in [0.25, 0.3) is 0 Å². The van der Waals surface area contributed by atoms with Crippen molar-refractivity contribution in [1.29, 1.82) is 0 Å². The summed E-state index contributed by atoms with van der Waals surface area (Å²) in [7, 11) is 3.03. The summed E-state index contributed by atoms with van der Waals surface area (Å²) in [5, 5.41) is 2.76. The highest BCUT2D eigenvalue weighted by molar-refractivity contribution is 6.11. The SMILES string of the molecule is COc1ccc(C2(C)NC(=O)N(CC(=O)c3cc(C)n(CCC4=CCCCC4)c3C)C2=O)cc1OC. The predicted molar refractivity (Wildman–Crippen MR) is 137 cm³/mol. The average molecular weight is 494 g/mol. The predicted octanol–water partition coefficient (Wildman–Crippen LogP) is 4.66. The molecule has 2 aromatic rings. The van der Waals surface area contributed by atoms with Crippen molar-refractivity contribution in [2.24, 2.45) is 0 Å². The lowest BCUT2D eigenvalue weighted by Crippen LogP contribution is -2.41. The first kappa shape index (κ1) is 25.5. The number of nitrogens with one attached hydrogen (secondary N) is 1. The number of allylic oxidation sites excluding steroid dienone is 2. The fraction of sp³-hybridized carbons (Fsp3) is 0.464. The van der Waals surface area contributed by atoms with Crippen LogP contribution in [0.4, 0.5) is 4.79 Å². The maximum absolute atomic E-state index is 13.4. The Bertz CT molecular complexity index is 1230. The van der Waals surface area contributed by atoms with Gasteiger partial charge in [-0.3, -0.25) is 14.5 Å². The number of benzene rings is 1. The summed E-state index contributed by atoms with van der Waals surface area (Å²) in [6, 6.07) is 6.32. The molecule has 1 saturated heterocycles. The smallest absolute Gasteiger partial charge is 0.325 e. The van der Waals surface area contributed by atoms with E-state index in [2.05, 4.69) is 16.0 Å². The molecule has 0 bridgehead atoms. The number of rotatable bonds is 9. The molecule has 1 aliphatic carbocycles. The Hall–Kier alpha value is -3.55. The summed E-state index contributed by atoms with van der Waals surface area (Å²) in [5.74, 6) is 0.227. The Kier molecular flexibility index (Phi) is 7.24. The highest BCUT2D eigenvalue weighted by Crippen LogP contribution is 2.35. The molecule has 1 unspecified atom stereocenters. The largest absolute Gasteiger partial charge is 0.493 e. The number of carbonyl (C=O) groups is 3. The minimum absolute atomic E-state index is 0.258. The topological polar surface area (TPSA) is 89.9 Å². The van der Waals surface area contributed by atoms with Gasteiger partial charge in [-0.25, -0.2) is 4.79 Å². The molecule has 4 rings (SSSR count). The number of imide groups is 1. The van der Waals surface area contributed by atoms with Crippen molar-refractivity contribution >= 4 is 17.7 Å². The van der Waals surface area contributed by atoms with Gasteiger partial charge in [-0.05, 0) is 76.6 Å². The lowest BCUT2D eigenvalue weighted by Gasteiger charge is -2.23. The summed E-state index contributed by atoms with van der Waals surface area (Å²) in [6.07, 6.45) is 8.12. The van der Waals surface area contributed by atoms with E-state index in [1.807, 2.05) is 19.9 Å². The highest BCUT2D eigenvalue weighted by atomic mass is 16.5. The third kappa shape index (κ3) is 4.64. The molecule has 0 saturated carbocycles. The summed E-state index contributed by atoms with van der Waals surface area (Å²) in [6.45, 7) is 6.04. The van der Waals surface area contributed by atoms with Crippen molar-refractivity contribution in [3.8, 4) is 11.5 Å². The van der Waals surface area contributed by atoms with Crippen LogP contribution in [-0.4, -0.2) is 48.0 Å². The third-order valence-corrected chi connectivity index (χ3v) is 7.45. The Morgan fingerprint density at radius 2 is 1.83 bits per heavy atom. The van der Waals surface area contributed by atoms with E-state index < -0.39 is 17.5 Å². The van der Waals surface area contributed by atoms with Crippen LogP contribution in [-0.2, 0) is 16.9 Å². The van der Waals surface area contributed by atoms with Crippen LogP contribution in [0.1, 0.15) is 66.3 Å². The molecule has 8 heteroatoms. The molecule has 8 nitrogen and oxygen atoms in total. The molecule has 0 spiro atoms. The fourth-order valence-corrected chi connectivity index (χ4v) is 5.23. The number of carbonyl (C=O) groups excluding carboxylic acids is 3. The van der Waals surface area contributed by atoms with Crippen LogP contribution in [0.2, 0.25) is 0 Å². The number of aromatic nitrogens is 1. The van der Waals surface area contributed by atoms with E-state index in [-0.39, 0.29) is 12.3 Å². The number of ketones is 1. The molecule has 1 N–H and O–H groups in total. The molecule has 0 radical (unpaired) electrons. The van der Waals surface area contributed by atoms with Gasteiger partial charge in [0.05, 0.1) is 20.8 Å². The van der Waals surface area contributed by atoms with E-state index in [0.29, 0.717) is 22.6 Å². The second-order valence-electron chi connectivity index (χ2n) is 9.73. The number of ether oxygens (including phenoxy) is 2. The van der Waals surface area contributed by atoms with E-state index in [4.69, 9.17) is 9.47 Å². The Labute approximate surface area is 212 Å². The van der Waals surface area contributed by atoms with Crippen LogP contribution >= 0.6 is 0 Å². The fourth-order valence-electron chi connectivity index (χ4n) is 5.23. The van der Waals surface area contributed by atoms with Crippen molar-refractivity contribution in [2.45, 2.75) is 65.0 Å². The van der Waals surface area contributed by atoms with Crippen molar-refractivity contribution < 1.29 is 23.9 Å². The first-order chi connectivity index (χ1) is 17.2. The molecule has 1 atom stereocenters. The first-order valence-corrected chi connectivity index (χ1v) is 12.4. The van der Waals surface area contributed by atoms with Gasteiger partial charge in [0.15, 0.2) is 17.3 Å². The summed E-state index contributed by atoms with van der Waals surface area (Å²) in [4.78, 5) is 40.5. The van der Waals surface area contributed by atoms with Gasteiger partial charge < -0.3 is 19.4 Å². The van der Waals surface area contributed by atoms with Gasteiger partial charge in [0.1, 0.15) is 5.54 Å². The van der Waals surface area contributed by atoms with E-state index in [1.165, 1.54) is 32.6 Å². The number of amides is 3. The third-order valence-electron chi connectivity index (χ3n) is 7.45. The summed E-state index contributed by atoms with van der Waals surface area (Å²) < 4.78 is 12.8. The van der Waals surface area contributed by atoms with Gasteiger partial charge >= 0.3 is 6.03 Å². The molecule has 1 fully saturated rings. The van der Waals surface area contributed by atoms with Crippen molar-refractivity contribution in [2.75, 3.05) is 20.8 Å². The van der Waals surface area contributed by atoms with Gasteiger partial charge in [-0.2, -0.15) is 0 Å². The Balaban J connectivity index is 1.51. The van der Waals surface area contributed by atoms with E-state index in [0.717, 1.165) is 42.1 Å². The molecule has 36 heavy (non-hydrogen) atoms. The van der Waals surface area contributed by atoms with Crippen LogP contribution in [0.5, 0.6) is 11.5 Å². The van der Waals surface area contributed by atoms with Gasteiger partial charge in [0, 0.05) is 23.5 Å². The lowest BCUT2D eigenvalue weighted by molar-refractivity contribution is -0.130. The molecule has 192 valence electrons. The zero-order chi connectivity index (χ0) is 26.0. The van der Waals surface area contributed by atoms with Gasteiger partial charge in [0.25, 0.3) is 5.91 Å². The number of methoxy groups -OCH3 is 2. The summed E-state index contributed by atoms with van der Waals surface area (Å²) in [5.41, 5.74) is 3.12. The van der Waals surface area contributed by atoms with Crippen LogP contribution in [0.3, 0.4) is 0 Å². The monoisotopic (exact) mass is 493 g/mol. The number of hydrogen-bond acceptors (Lipinski definition) is 5. The maximum Gasteiger partial charge on any atom is 0.325 e. The molecular formula is C28H35N3O5. The summed E-state index contributed by atoms with van der Waals surface area (Å²) >= 11 is 0. The quantitative estimate of drug-likeness (QED) is 0.312. The first-order valence-electron chi connectivity index (χ1n) is 12.4. The second kappa shape index (κ2) is 10.2. The van der Waals surface area contributed by atoms with Crippen molar-refractivity contribution in [3.05, 3.63) is 58.4 Å². The molecule has 2 aliphatic rings. The molecular weight excluding hydrogens is 458 g/mol. The minimum Gasteiger partial charge on any atom is -0.493 e. The molecule has 2 heterocycles. The second-order valence-corrected chi connectivity index (χ2v) is 9.73. The van der Waals surface area contributed by atoms with E-state index in [9.17, 15) is 14.4 Å². The van der Waals surface area contributed by atoms with Gasteiger partial charge in [-0.1, -0.05) is 17.7 Å². The van der Waals surface area contributed by atoms with Gasteiger partial charge in [0.2, 0.25) is 0 Å². The Morgan fingerprint density at radius 3 is 2.50 bits per heavy atom. The zero-order valence-corrected chi connectivity index (χ0v) is 21.8. The number of nitrogens with zero attached hydrogens (tertiary/aromatic N) is 2. The van der Waals surface area contributed by atoms with Crippen LogP contribution < -0.4 is 14.8 Å². The minimum atomic E-state index is -1.32. The normalized spacial score (nSPS) is 19.8. The average Bonchev–Trinajstić information content (AvgIpc) is 3.29. The molecule has 1 aromatic carbocycles. The lowest BCUT2D eigenvalue weighted by atomic mass is 9.91. The van der Waals surface area contributed by atoms with E-state index >= 15 is 0 Å². The maximum atomic E-state index is 13.4. The Morgan fingerprint density at radius 1 is 1.08 bits per heavy atom. The number of Topliss-reactive ketones (excluding diaryl/α,β-unsaturated/α-hetero) is 1. The molecule has 1 aliphatic heterocycles. The molecule has 3 amide bonds. The standard InChI is InChI=1S/C28H35N3O5/c1-18-15-22(19(2)30(18)14-13-20-9-7-6-8-10-20)23(32)17-31-26(33)28(3,29-27(31)34)21-11-12-24(35-4)25(16-21)36-5/h9,11-12,15-16H,6-8,10,13-14,17H2,1-5H3,(H,29,34). The number of hydrogen-bond donors (Lipinski definition) is 1. The van der Waals surface area contributed by atoms with Crippen LogP contribution in [0, 0.1) is 13.8 Å². The van der Waals surface area contributed by atoms with Crippen LogP contribution in [0.15, 0.2) is 35.9 Å². The van der Waals surface area contributed by atoms with Crippen molar-refractivity contribution in [3.63, 3.8) is 0 Å². The number of urea groups is 1. The highest BCUT2D eigenvalue weighted by Gasteiger charge is 2.49. The zero-order valence-electron chi connectivity index (χ0n) is 21.8.